The van der Waals surface area contributed by atoms with Gasteiger partial charge >= 0.3 is 0 Å². The van der Waals surface area contributed by atoms with Gasteiger partial charge in [0.05, 0.1) is 6.61 Å². The molecular weight excluding hydrogens is 262 g/mol. The quantitative estimate of drug-likeness (QED) is 0.734. The van der Waals surface area contributed by atoms with Crippen molar-refractivity contribution in [2.45, 2.75) is 52.9 Å². The fourth-order valence-corrected chi connectivity index (χ4v) is 2.35. The average molecular weight is 291 g/mol. The molecule has 3 nitrogen and oxygen atoms in total. The Morgan fingerprint density at radius 2 is 1.67 bits per heavy atom. The number of amides is 1. The van der Waals surface area contributed by atoms with Crippen molar-refractivity contribution >= 4 is 5.91 Å². The van der Waals surface area contributed by atoms with Gasteiger partial charge < -0.3 is 10.4 Å². The number of aryl methyl sites for hydroxylation is 2. The average Bonchev–Trinajstić information content (AvgIpc) is 2.55. The van der Waals surface area contributed by atoms with Gasteiger partial charge in [0.2, 0.25) is 5.91 Å². The summed E-state index contributed by atoms with van der Waals surface area (Å²) in [4.78, 5) is 11.9. The Morgan fingerprint density at radius 3 is 2.14 bits per heavy atom. The van der Waals surface area contributed by atoms with Crippen LogP contribution in [0.25, 0.3) is 0 Å². The molecule has 0 aliphatic rings. The highest BCUT2D eigenvalue weighted by molar-refractivity contribution is 5.76. The smallest absolute Gasteiger partial charge is 0.220 e. The number of hydrogen-bond acceptors (Lipinski definition) is 2. The Hall–Kier alpha value is -1.35. The van der Waals surface area contributed by atoms with Gasteiger partial charge in [0, 0.05) is 18.4 Å². The zero-order valence-corrected chi connectivity index (χ0v) is 13.6. The van der Waals surface area contributed by atoms with Gasteiger partial charge in [0.25, 0.3) is 0 Å². The third-order valence-corrected chi connectivity index (χ3v) is 4.57. The van der Waals surface area contributed by atoms with Gasteiger partial charge in [-0.05, 0) is 36.8 Å². The number of rotatable bonds is 9. The highest BCUT2D eigenvalue weighted by Gasteiger charge is 2.25. The van der Waals surface area contributed by atoms with Crippen LogP contribution in [0.15, 0.2) is 24.3 Å². The predicted molar refractivity (Wildman–Crippen MR) is 87.3 cm³/mol. The van der Waals surface area contributed by atoms with Crippen LogP contribution in [-0.4, -0.2) is 24.2 Å². The van der Waals surface area contributed by atoms with Crippen molar-refractivity contribution in [3.05, 3.63) is 35.4 Å². The summed E-state index contributed by atoms with van der Waals surface area (Å²) in [6.07, 6.45) is 4.05. The van der Waals surface area contributed by atoms with Gasteiger partial charge in [-0.1, -0.05) is 45.0 Å². The van der Waals surface area contributed by atoms with Gasteiger partial charge in [0.1, 0.15) is 0 Å². The van der Waals surface area contributed by atoms with Crippen molar-refractivity contribution in [2.24, 2.45) is 5.41 Å². The van der Waals surface area contributed by atoms with Crippen LogP contribution in [0, 0.1) is 5.41 Å². The molecule has 0 bridgehead atoms. The molecule has 3 heteroatoms. The van der Waals surface area contributed by atoms with Crippen LogP contribution in [-0.2, 0) is 17.6 Å². The summed E-state index contributed by atoms with van der Waals surface area (Å²) in [5.74, 6) is 0.0642. The van der Waals surface area contributed by atoms with Gasteiger partial charge in [-0.25, -0.2) is 0 Å². The molecule has 0 saturated carbocycles. The Bertz CT molecular complexity index is 413. The first-order valence-electron chi connectivity index (χ1n) is 8.04. The molecule has 21 heavy (non-hydrogen) atoms. The molecule has 0 saturated heterocycles. The first kappa shape index (κ1) is 17.7. The van der Waals surface area contributed by atoms with Crippen molar-refractivity contribution in [1.82, 2.24) is 5.32 Å². The van der Waals surface area contributed by atoms with Crippen LogP contribution in [0.5, 0.6) is 0 Å². The molecule has 0 unspecified atom stereocenters. The third kappa shape index (κ3) is 5.50. The highest BCUT2D eigenvalue weighted by Crippen LogP contribution is 2.24. The van der Waals surface area contributed by atoms with E-state index in [0.29, 0.717) is 13.0 Å². The normalized spacial score (nSPS) is 11.4. The number of aliphatic hydroxyl groups is 1. The summed E-state index contributed by atoms with van der Waals surface area (Å²) in [5, 5.41) is 12.5. The van der Waals surface area contributed by atoms with Crippen LogP contribution in [0.2, 0.25) is 0 Å². The number of hydrogen-bond donors (Lipinski definition) is 2. The largest absolute Gasteiger partial charge is 0.396 e. The zero-order chi connectivity index (χ0) is 15.7. The standard InChI is InChI=1S/C18H29NO2/c1-4-15-7-9-16(10-8-15)11-12-17(21)19-13-18(5-2,6-3)14-20/h7-10,20H,4-6,11-14H2,1-3H3,(H,19,21). The molecule has 0 spiro atoms. The molecule has 0 aromatic heterocycles. The first-order valence-corrected chi connectivity index (χ1v) is 8.04. The van der Waals surface area contributed by atoms with Gasteiger partial charge in [-0.15, -0.1) is 0 Å². The Labute approximate surface area is 128 Å². The first-order chi connectivity index (χ1) is 10.1. The van der Waals surface area contributed by atoms with Gasteiger partial charge in [-0.3, -0.25) is 4.79 Å². The number of carbonyl (C=O) groups is 1. The molecule has 0 heterocycles. The second kappa shape index (κ2) is 8.83. The van der Waals surface area contributed by atoms with E-state index in [9.17, 15) is 9.90 Å². The van der Waals surface area contributed by atoms with Crippen LogP contribution in [0.4, 0.5) is 0 Å². The monoisotopic (exact) mass is 291 g/mol. The molecular formula is C18H29NO2. The van der Waals surface area contributed by atoms with E-state index < -0.39 is 0 Å². The Kier molecular flexibility index (Phi) is 7.44. The molecule has 2 N–H and O–H groups in total. The van der Waals surface area contributed by atoms with E-state index >= 15 is 0 Å². The lowest BCUT2D eigenvalue weighted by Gasteiger charge is -2.29. The molecule has 0 radical (unpaired) electrons. The van der Waals surface area contributed by atoms with E-state index in [4.69, 9.17) is 0 Å². The zero-order valence-electron chi connectivity index (χ0n) is 13.6. The second-order valence-corrected chi connectivity index (χ2v) is 5.81. The van der Waals surface area contributed by atoms with Crippen molar-refractivity contribution in [3.8, 4) is 0 Å². The lowest BCUT2D eigenvalue weighted by atomic mass is 9.83. The minimum Gasteiger partial charge on any atom is -0.396 e. The number of carbonyl (C=O) groups excluding carboxylic acids is 1. The maximum atomic E-state index is 11.9. The molecule has 1 rings (SSSR count). The van der Waals surface area contributed by atoms with Crippen molar-refractivity contribution in [3.63, 3.8) is 0 Å². The molecule has 0 aliphatic heterocycles. The predicted octanol–water partition coefficient (Wildman–Crippen LogP) is 3.10. The minimum absolute atomic E-state index is 0.0642. The van der Waals surface area contributed by atoms with Gasteiger partial charge in [0.15, 0.2) is 0 Å². The second-order valence-electron chi connectivity index (χ2n) is 5.81. The summed E-state index contributed by atoms with van der Waals surface area (Å²) in [5.41, 5.74) is 2.35. The third-order valence-electron chi connectivity index (χ3n) is 4.57. The van der Waals surface area contributed by atoms with Crippen molar-refractivity contribution in [1.29, 1.82) is 0 Å². The SMILES string of the molecule is CCc1ccc(CCC(=O)NCC(CC)(CC)CO)cc1. The van der Waals surface area contributed by atoms with Crippen molar-refractivity contribution < 1.29 is 9.90 Å². The maximum Gasteiger partial charge on any atom is 0.220 e. The fourth-order valence-electron chi connectivity index (χ4n) is 2.35. The van der Waals surface area contributed by atoms with E-state index in [0.717, 1.165) is 25.7 Å². The molecule has 0 fully saturated rings. The van der Waals surface area contributed by atoms with E-state index in [1.165, 1.54) is 11.1 Å². The highest BCUT2D eigenvalue weighted by atomic mass is 16.3. The van der Waals surface area contributed by atoms with E-state index in [2.05, 4.69) is 50.4 Å². The number of aliphatic hydroxyl groups excluding tert-OH is 1. The number of nitrogens with one attached hydrogen (secondary N) is 1. The molecule has 1 aromatic rings. The fraction of sp³-hybridized carbons (Fsp3) is 0.611. The Balaban J connectivity index is 2.39. The van der Waals surface area contributed by atoms with Crippen LogP contribution in [0.1, 0.15) is 51.2 Å². The summed E-state index contributed by atoms with van der Waals surface area (Å²) >= 11 is 0. The Morgan fingerprint density at radius 1 is 1.10 bits per heavy atom. The van der Waals surface area contributed by atoms with Crippen molar-refractivity contribution in [2.75, 3.05) is 13.2 Å². The minimum atomic E-state index is -0.168. The maximum absolute atomic E-state index is 11.9. The van der Waals surface area contributed by atoms with Crippen LogP contribution < -0.4 is 5.32 Å². The van der Waals surface area contributed by atoms with Gasteiger partial charge in [-0.2, -0.15) is 0 Å². The summed E-state index contributed by atoms with van der Waals surface area (Å²) in [6.45, 7) is 6.93. The molecule has 0 atom stereocenters. The van der Waals surface area contributed by atoms with E-state index in [-0.39, 0.29) is 17.9 Å². The molecule has 1 amide bonds. The summed E-state index contributed by atoms with van der Waals surface area (Å²) < 4.78 is 0. The lowest BCUT2D eigenvalue weighted by Crippen LogP contribution is -2.39. The van der Waals surface area contributed by atoms with E-state index in [1.54, 1.807) is 0 Å². The summed E-state index contributed by atoms with van der Waals surface area (Å²) in [7, 11) is 0. The van der Waals surface area contributed by atoms with Crippen LogP contribution in [0.3, 0.4) is 0 Å². The molecule has 0 aliphatic carbocycles. The lowest BCUT2D eigenvalue weighted by molar-refractivity contribution is -0.121. The number of benzene rings is 1. The van der Waals surface area contributed by atoms with E-state index in [1.807, 2.05) is 0 Å². The summed E-state index contributed by atoms with van der Waals surface area (Å²) in [6, 6.07) is 8.45. The molecule has 118 valence electrons. The van der Waals surface area contributed by atoms with Crippen LogP contribution >= 0.6 is 0 Å². The topological polar surface area (TPSA) is 49.3 Å². The molecule has 1 aromatic carbocycles.